The van der Waals surface area contributed by atoms with Crippen molar-refractivity contribution >= 4 is 37.3 Å². The van der Waals surface area contributed by atoms with E-state index in [9.17, 15) is 8.42 Å². The van der Waals surface area contributed by atoms with E-state index < -0.39 is 10.0 Å². The summed E-state index contributed by atoms with van der Waals surface area (Å²) in [4.78, 5) is 3.99. The van der Waals surface area contributed by atoms with E-state index in [0.29, 0.717) is 4.21 Å². The molecule has 2 aliphatic rings. The lowest BCUT2D eigenvalue weighted by atomic mass is 10.0. The first kappa shape index (κ1) is 16.5. The molecule has 128 valence electrons. The van der Waals surface area contributed by atoms with Gasteiger partial charge in [-0.25, -0.2) is 8.42 Å². The highest BCUT2D eigenvalue weighted by molar-refractivity contribution is 9.11. The third-order valence-electron chi connectivity index (χ3n) is 4.66. The number of piperidine rings is 1. The molecule has 0 aliphatic carbocycles. The number of thiophene rings is 1. The van der Waals surface area contributed by atoms with Crippen LogP contribution in [0.3, 0.4) is 0 Å². The topological polar surface area (TPSA) is 59.5 Å². The Kier molecular flexibility index (Phi) is 4.40. The van der Waals surface area contributed by atoms with Gasteiger partial charge in [0.1, 0.15) is 16.1 Å². The number of ether oxygens (including phenoxy) is 1. The molecule has 2 atom stereocenters. The fourth-order valence-electron chi connectivity index (χ4n) is 3.72. The summed E-state index contributed by atoms with van der Waals surface area (Å²) in [7, 11) is -3.42. The van der Waals surface area contributed by atoms with Crippen molar-refractivity contribution in [3.05, 3.63) is 40.4 Å². The largest absolute Gasteiger partial charge is 0.490 e. The van der Waals surface area contributed by atoms with Crippen molar-refractivity contribution < 1.29 is 13.2 Å². The van der Waals surface area contributed by atoms with Crippen LogP contribution in [0.25, 0.3) is 0 Å². The highest BCUT2D eigenvalue weighted by atomic mass is 79.9. The molecule has 2 bridgehead atoms. The number of sulfonamides is 1. The van der Waals surface area contributed by atoms with Crippen LogP contribution in [0, 0.1) is 0 Å². The summed E-state index contributed by atoms with van der Waals surface area (Å²) in [6, 6.07) is 7.22. The van der Waals surface area contributed by atoms with Gasteiger partial charge in [-0.2, -0.15) is 4.31 Å². The van der Waals surface area contributed by atoms with E-state index in [-0.39, 0.29) is 18.2 Å². The van der Waals surface area contributed by atoms with Gasteiger partial charge in [0.15, 0.2) is 0 Å². The van der Waals surface area contributed by atoms with Gasteiger partial charge in [-0.15, -0.1) is 11.3 Å². The Bertz CT molecular complexity index is 811. The van der Waals surface area contributed by atoms with E-state index >= 15 is 0 Å². The van der Waals surface area contributed by atoms with Crippen molar-refractivity contribution in [2.24, 2.45) is 0 Å². The average molecular weight is 429 g/mol. The van der Waals surface area contributed by atoms with E-state index in [4.69, 9.17) is 4.74 Å². The Morgan fingerprint density at radius 2 is 1.79 bits per heavy atom. The van der Waals surface area contributed by atoms with Crippen molar-refractivity contribution in [1.82, 2.24) is 9.29 Å². The molecule has 0 saturated carbocycles. The maximum Gasteiger partial charge on any atom is 0.253 e. The minimum absolute atomic E-state index is 0.0291. The van der Waals surface area contributed by atoms with Crippen molar-refractivity contribution in [3.63, 3.8) is 0 Å². The number of rotatable bonds is 4. The fourth-order valence-corrected chi connectivity index (χ4v) is 7.73. The number of aromatic nitrogens is 1. The van der Waals surface area contributed by atoms with E-state index in [1.165, 1.54) is 11.3 Å². The predicted molar refractivity (Wildman–Crippen MR) is 95.7 cm³/mol. The van der Waals surface area contributed by atoms with Gasteiger partial charge in [-0.3, -0.25) is 4.98 Å². The summed E-state index contributed by atoms with van der Waals surface area (Å²) in [5.41, 5.74) is 0. The molecule has 8 heteroatoms. The van der Waals surface area contributed by atoms with Crippen molar-refractivity contribution in [2.75, 3.05) is 0 Å². The number of halogens is 1. The molecule has 2 aromatic rings. The number of nitrogens with zero attached hydrogens (tertiary/aromatic N) is 2. The summed E-state index contributed by atoms with van der Waals surface area (Å²) < 4.78 is 35.0. The molecule has 4 heterocycles. The van der Waals surface area contributed by atoms with Crippen LogP contribution >= 0.6 is 27.3 Å². The molecule has 2 saturated heterocycles. The first-order valence-electron chi connectivity index (χ1n) is 7.89. The monoisotopic (exact) mass is 428 g/mol. The molecule has 24 heavy (non-hydrogen) atoms. The Hall–Kier alpha value is -0.960. The van der Waals surface area contributed by atoms with Gasteiger partial charge in [0.2, 0.25) is 0 Å². The van der Waals surface area contributed by atoms with Gasteiger partial charge in [0, 0.05) is 37.3 Å². The predicted octanol–water partition coefficient (Wildman–Crippen LogP) is 3.67. The van der Waals surface area contributed by atoms with Gasteiger partial charge in [-0.1, -0.05) is 0 Å². The zero-order valence-electron chi connectivity index (χ0n) is 12.8. The van der Waals surface area contributed by atoms with Crippen LogP contribution in [0.5, 0.6) is 5.75 Å². The van der Waals surface area contributed by atoms with Crippen LogP contribution < -0.4 is 4.74 Å². The molecule has 2 unspecified atom stereocenters. The molecule has 0 aromatic carbocycles. The molecule has 2 aliphatic heterocycles. The van der Waals surface area contributed by atoms with Gasteiger partial charge in [0.05, 0.1) is 3.79 Å². The molecule has 2 aromatic heterocycles. The van der Waals surface area contributed by atoms with Gasteiger partial charge >= 0.3 is 0 Å². The lowest BCUT2D eigenvalue weighted by Crippen LogP contribution is -2.48. The minimum atomic E-state index is -3.42. The highest BCUT2D eigenvalue weighted by Crippen LogP contribution is 2.42. The van der Waals surface area contributed by atoms with Gasteiger partial charge < -0.3 is 4.74 Å². The molecule has 4 rings (SSSR count). The van der Waals surface area contributed by atoms with E-state index in [0.717, 1.165) is 35.2 Å². The standard InChI is InChI=1S/C16H17BrN2O3S2/c17-15-3-4-16(23-15)24(20,21)19-11-1-2-12(19)10-14(9-11)22-13-5-7-18-8-6-13/h3-8,11-12,14H,1-2,9-10H2. The van der Waals surface area contributed by atoms with E-state index in [1.54, 1.807) is 28.8 Å². The zero-order valence-corrected chi connectivity index (χ0v) is 16.1. The number of hydrogen-bond donors (Lipinski definition) is 0. The molecular formula is C16H17BrN2O3S2. The van der Waals surface area contributed by atoms with Crippen LogP contribution in [-0.2, 0) is 10.0 Å². The molecular weight excluding hydrogens is 412 g/mol. The average Bonchev–Trinajstić information content (AvgIpc) is 3.11. The third-order valence-corrected chi connectivity index (χ3v) is 8.75. The second-order valence-electron chi connectivity index (χ2n) is 6.17. The number of pyridine rings is 1. The fraction of sp³-hybridized carbons (Fsp3) is 0.438. The molecule has 0 spiro atoms. The molecule has 0 N–H and O–H groups in total. The Balaban J connectivity index is 1.53. The smallest absolute Gasteiger partial charge is 0.253 e. The summed E-state index contributed by atoms with van der Waals surface area (Å²) in [5, 5.41) is 0. The van der Waals surface area contributed by atoms with Crippen molar-refractivity contribution in [3.8, 4) is 5.75 Å². The molecule has 0 amide bonds. The number of hydrogen-bond acceptors (Lipinski definition) is 5. The first-order valence-corrected chi connectivity index (χ1v) is 10.9. The van der Waals surface area contributed by atoms with Crippen molar-refractivity contribution in [2.45, 2.75) is 48.1 Å². The maximum absolute atomic E-state index is 13.0. The second kappa shape index (κ2) is 6.40. The zero-order chi connectivity index (χ0) is 16.7. The van der Waals surface area contributed by atoms with Crippen LogP contribution in [0.2, 0.25) is 0 Å². The minimum Gasteiger partial charge on any atom is -0.490 e. The lowest BCUT2D eigenvalue weighted by Gasteiger charge is -2.37. The Morgan fingerprint density at radius 3 is 2.38 bits per heavy atom. The molecule has 0 radical (unpaired) electrons. The Morgan fingerprint density at radius 1 is 1.12 bits per heavy atom. The Labute approximate surface area is 153 Å². The summed E-state index contributed by atoms with van der Waals surface area (Å²) in [5.74, 6) is 0.799. The summed E-state index contributed by atoms with van der Waals surface area (Å²) in [6.07, 6.45) is 6.77. The van der Waals surface area contributed by atoms with Crippen LogP contribution in [0.15, 0.2) is 44.7 Å². The second-order valence-corrected chi connectivity index (χ2v) is 10.7. The molecule has 5 nitrogen and oxygen atoms in total. The quantitative estimate of drug-likeness (QED) is 0.744. The normalized spacial score (nSPS) is 27.3. The lowest BCUT2D eigenvalue weighted by molar-refractivity contribution is 0.0957. The highest BCUT2D eigenvalue weighted by Gasteiger charge is 2.48. The van der Waals surface area contributed by atoms with Gasteiger partial charge in [-0.05, 0) is 53.0 Å². The van der Waals surface area contributed by atoms with E-state index in [1.807, 2.05) is 12.1 Å². The number of fused-ring (bicyclic) bond motifs is 2. The maximum atomic E-state index is 13.0. The molecule has 2 fully saturated rings. The SMILES string of the molecule is O=S(=O)(c1ccc(Br)s1)N1C2CCC1CC(Oc1ccncc1)C2. The summed E-state index contributed by atoms with van der Waals surface area (Å²) in [6.45, 7) is 0. The van der Waals surface area contributed by atoms with Crippen LogP contribution in [0.4, 0.5) is 0 Å². The third kappa shape index (κ3) is 3.00. The van der Waals surface area contributed by atoms with Crippen molar-refractivity contribution in [1.29, 1.82) is 0 Å². The summed E-state index contributed by atoms with van der Waals surface area (Å²) >= 11 is 4.62. The first-order chi connectivity index (χ1) is 11.5. The van der Waals surface area contributed by atoms with Crippen LogP contribution in [-0.4, -0.2) is 35.9 Å². The van der Waals surface area contributed by atoms with Gasteiger partial charge in [0.25, 0.3) is 10.0 Å². The van der Waals surface area contributed by atoms with E-state index in [2.05, 4.69) is 20.9 Å². The van der Waals surface area contributed by atoms with Crippen LogP contribution in [0.1, 0.15) is 25.7 Å².